The summed E-state index contributed by atoms with van der Waals surface area (Å²) in [7, 11) is 0. The number of thiazole rings is 1. The number of fused-ring (bicyclic) bond motifs is 1. The number of H-pyrrole nitrogens is 1. The van der Waals surface area contributed by atoms with Crippen LogP contribution in [0.1, 0.15) is 20.9 Å². The smallest absolute Gasteiger partial charge is 0.263 e. The Morgan fingerprint density at radius 1 is 1.42 bits per heavy atom. The van der Waals surface area contributed by atoms with E-state index in [0.29, 0.717) is 11.4 Å². The summed E-state index contributed by atoms with van der Waals surface area (Å²) in [5.41, 5.74) is 5.00. The second-order valence-electron chi connectivity index (χ2n) is 4.42. The molecule has 0 atom stereocenters. The van der Waals surface area contributed by atoms with Crippen LogP contribution in [0.15, 0.2) is 36.0 Å². The predicted molar refractivity (Wildman–Crippen MR) is 76.3 cm³/mol. The Bertz CT molecular complexity index is 715. The standard InChI is InChI=1S/C14H13N3OS/c1-9-4-11-5-10(2-3-12(11)17-9)6-16-14(18)13-7-15-8-19-13/h2-5,7-8,17H,6H2,1H3,(H,16,18). The number of hydrogen-bond donors (Lipinski definition) is 2. The Balaban J connectivity index is 1.73. The molecular weight excluding hydrogens is 258 g/mol. The number of carbonyl (C=O) groups excluding carboxylic acids is 1. The molecule has 0 bridgehead atoms. The Hall–Kier alpha value is -2.14. The number of aromatic nitrogens is 2. The zero-order chi connectivity index (χ0) is 13.2. The highest BCUT2D eigenvalue weighted by atomic mass is 32.1. The van der Waals surface area contributed by atoms with Gasteiger partial charge in [-0.3, -0.25) is 9.78 Å². The van der Waals surface area contributed by atoms with E-state index in [4.69, 9.17) is 0 Å². The van der Waals surface area contributed by atoms with E-state index < -0.39 is 0 Å². The van der Waals surface area contributed by atoms with Crippen molar-refractivity contribution in [2.75, 3.05) is 0 Å². The zero-order valence-electron chi connectivity index (χ0n) is 10.4. The molecule has 0 aliphatic carbocycles. The lowest BCUT2D eigenvalue weighted by atomic mass is 10.1. The van der Waals surface area contributed by atoms with Crippen LogP contribution in [0.5, 0.6) is 0 Å². The monoisotopic (exact) mass is 271 g/mol. The lowest BCUT2D eigenvalue weighted by Gasteiger charge is -2.03. The molecule has 0 fully saturated rings. The van der Waals surface area contributed by atoms with Gasteiger partial charge in [0.1, 0.15) is 4.88 Å². The molecule has 3 rings (SSSR count). The molecule has 0 aliphatic rings. The topological polar surface area (TPSA) is 57.8 Å². The molecular formula is C14H13N3OS. The summed E-state index contributed by atoms with van der Waals surface area (Å²) >= 11 is 1.34. The molecule has 5 heteroatoms. The fourth-order valence-corrected chi connectivity index (χ4v) is 2.57. The highest BCUT2D eigenvalue weighted by Gasteiger charge is 2.07. The number of amides is 1. The van der Waals surface area contributed by atoms with Gasteiger partial charge in [-0.15, -0.1) is 11.3 Å². The van der Waals surface area contributed by atoms with Gasteiger partial charge < -0.3 is 10.3 Å². The van der Waals surface area contributed by atoms with Crippen molar-refractivity contribution in [2.45, 2.75) is 13.5 Å². The molecule has 19 heavy (non-hydrogen) atoms. The van der Waals surface area contributed by atoms with Crippen LogP contribution in [0.2, 0.25) is 0 Å². The first-order valence-corrected chi connectivity index (χ1v) is 6.85. The lowest BCUT2D eigenvalue weighted by molar-refractivity contribution is 0.0955. The molecule has 2 heterocycles. The van der Waals surface area contributed by atoms with Crippen LogP contribution in [-0.2, 0) is 6.54 Å². The summed E-state index contributed by atoms with van der Waals surface area (Å²) in [5.74, 6) is -0.0761. The highest BCUT2D eigenvalue weighted by molar-refractivity contribution is 7.11. The number of aromatic amines is 1. The summed E-state index contributed by atoms with van der Waals surface area (Å²) in [4.78, 5) is 19.6. The molecule has 0 saturated carbocycles. The third-order valence-electron chi connectivity index (χ3n) is 2.93. The van der Waals surface area contributed by atoms with Gasteiger partial charge in [-0.05, 0) is 36.1 Å². The Kier molecular flexibility index (Phi) is 3.05. The minimum atomic E-state index is -0.0761. The number of hydrogen-bond acceptors (Lipinski definition) is 3. The number of nitrogens with one attached hydrogen (secondary N) is 2. The van der Waals surface area contributed by atoms with Crippen LogP contribution >= 0.6 is 11.3 Å². The minimum absolute atomic E-state index is 0.0761. The van der Waals surface area contributed by atoms with Crippen molar-refractivity contribution in [1.29, 1.82) is 0 Å². The van der Waals surface area contributed by atoms with Gasteiger partial charge in [0.2, 0.25) is 0 Å². The Morgan fingerprint density at radius 2 is 2.32 bits per heavy atom. The first-order valence-electron chi connectivity index (χ1n) is 5.97. The van der Waals surface area contributed by atoms with Crippen molar-refractivity contribution in [2.24, 2.45) is 0 Å². The molecule has 2 aromatic heterocycles. The van der Waals surface area contributed by atoms with E-state index in [9.17, 15) is 4.79 Å². The van der Waals surface area contributed by atoms with E-state index in [1.165, 1.54) is 16.7 Å². The zero-order valence-corrected chi connectivity index (χ0v) is 11.3. The van der Waals surface area contributed by atoms with Crippen molar-refractivity contribution in [3.8, 4) is 0 Å². The first-order chi connectivity index (χ1) is 9.22. The molecule has 1 aromatic carbocycles. The number of aryl methyl sites for hydroxylation is 1. The molecule has 0 unspecified atom stereocenters. The predicted octanol–water partition coefficient (Wildman–Crippen LogP) is 2.86. The van der Waals surface area contributed by atoms with Crippen molar-refractivity contribution in [1.82, 2.24) is 15.3 Å². The van der Waals surface area contributed by atoms with E-state index >= 15 is 0 Å². The van der Waals surface area contributed by atoms with Crippen LogP contribution in [0.25, 0.3) is 10.9 Å². The quantitative estimate of drug-likeness (QED) is 0.769. The molecule has 0 saturated heterocycles. The highest BCUT2D eigenvalue weighted by Crippen LogP contribution is 2.17. The van der Waals surface area contributed by atoms with E-state index in [0.717, 1.165) is 16.8 Å². The third-order valence-corrected chi connectivity index (χ3v) is 3.70. The van der Waals surface area contributed by atoms with Crippen LogP contribution in [0.4, 0.5) is 0 Å². The van der Waals surface area contributed by atoms with Gasteiger partial charge in [0.25, 0.3) is 5.91 Å². The van der Waals surface area contributed by atoms with Gasteiger partial charge in [0.05, 0.1) is 11.7 Å². The SMILES string of the molecule is Cc1cc2cc(CNC(=O)c3cncs3)ccc2[nH]1. The van der Waals surface area contributed by atoms with Gasteiger partial charge in [-0.1, -0.05) is 6.07 Å². The summed E-state index contributed by atoms with van der Waals surface area (Å²) in [5, 5.41) is 4.06. The maximum absolute atomic E-state index is 11.8. The second kappa shape index (κ2) is 4.85. The lowest BCUT2D eigenvalue weighted by Crippen LogP contribution is -2.21. The summed E-state index contributed by atoms with van der Waals surface area (Å²) in [6.07, 6.45) is 1.58. The molecule has 1 amide bonds. The van der Waals surface area contributed by atoms with Crippen LogP contribution in [0, 0.1) is 6.92 Å². The first kappa shape index (κ1) is 11.9. The normalized spacial score (nSPS) is 10.8. The van der Waals surface area contributed by atoms with Crippen molar-refractivity contribution >= 4 is 28.1 Å². The van der Waals surface area contributed by atoms with E-state index in [1.807, 2.05) is 19.1 Å². The maximum Gasteiger partial charge on any atom is 0.263 e. The van der Waals surface area contributed by atoms with Gasteiger partial charge in [0, 0.05) is 17.8 Å². The van der Waals surface area contributed by atoms with Gasteiger partial charge in [-0.2, -0.15) is 0 Å². The molecule has 3 aromatic rings. The van der Waals surface area contributed by atoms with Crippen molar-refractivity contribution < 1.29 is 4.79 Å². The van der Waals surface area contributed by atoms with Crippen LogP contribution in [0.3, 0.4) is 0 Å². The molecule has 4 nitrogen and oxygen atoms in total. The average Bonchev–Trinajstić information content (AvgIpc) is 3.03. The van der Waals surface area contributed by atoms with Gasteiger partial charge in [0.15, 0.2) is 0 Å². The minimum Gasteiger partial charge on any atom is -0.359 e. The summed E-state index contributed by atoms with van der Waals surface area (Å²) < 4.78 is 0. The number of nitrogens with zero attached hydrogens (tertiary/aromatic N) is 1. The Morgan fingerprint density at radius 3 is 3.11 bits per heavy atom. The Labute approximate surface area is 114 Å². The molecule has 0 spiro atoms. The van der Waals surface area contributed by atoms with Gasteiger partial charge >= 0.3 is 0 Å². The van der Waals surface area contributed by atoms with E-state index in [1.54, 1.807) is 11.7 Å². The second-order valence-corrected chi connectivity index (χ2v) is 5.31. The molecule has 96 valence electrons. The fourth-order valence-electron chi connectivity index (χ4n) is 2.03. The molecule has 0 radical (unpaired) electrons. The summed E-state index contributed by atoms with van der Waals surface area (Å²) in [6.45, 7) is 2.56. The van der Waals surface area contributed by atoms with E-state index in [-0.39, 0.29) is 5.91 Å². The third kappa shape index (κ3) is 2.51. The number of benzene rings is 1. The molecule has 0 aliphatic heterocycles. The molecule has 2 N–H and O–H groups in total. The average molecular weight is 271 g/mol. The largest absolute Gasteiger partial charge is 0.359 e. The number of rotatable bonds is 3. The van der Waals surface area contributed by atoms with Crippen molar-refractivity contribution in [3.05, 3.63) is 52.1 Å². The maximum atomic E-state index is 11.8. The summed E-state index contributed by atoms with van der Waals surface area (Å²) in [6, 6.07) is 8.25. The fraction of sp³-hybridized carbons (Fsp3) is 0.143. The number of carbonyl (C=O) groups is 1. The van der Waals surface area contributed by atoms with Gasteiger partial charge in [-0.25, -0.2) is 0 Å². The van der Waals surface area contributed by atoms with Crippen LogP contribution in [-0.4, -0.2) is 15.9 Å². The van der Waals surface area contributed by atoms with Crippen molar-refractivity contribution in [3.63, 3.8) is 0 Å². The van der Waals surface area contributed by atoms with Crippen LogP contribution < -0.4 is 5.32 Å². The van der Waals surface area contributed by atoms with E-state index in [2.05, 4.69) is 27.4 Å².